The SMILES string of the molecule is Cn1c(C(=O)Nc2cccnc2Oc2ccccc2F)cc(=O)n(C)c1=O. The van der Waals surface area contributed by atoms with E-state index in [0.29, 0.717) is 0 Å². The summed E-state index contributed by atoms with van der Waals surface area (Å²) in [4.78, 5) is 40.3. The van der Waals surface area contributed by atoms with Gasteiger partial charge in [-0.2, -0.15) is 0 Å². The van der Waals surface area contributed by atoms with E-state index in [9.17, 15) is 18.8 Å². The molecule has 0 aliphatic heterocycles. The molecule has 1 N–H and O–H groups in total. The number of nitrogens with one attached hydrogen (secondary N) is 1. The maximum absolute atomic E-state index is 13.8. The summed E-state index contributed by atoms with van der Waals surface area (Å²) in [6, 6.07) is 9.85. The first kappa shape index (κ1) is 18.1. The third-order valence-corrected chi connectivity index (χ3v) is 3.82. The van der Waals surface area contributed by atoms with Crippen LogP contribution in [0.1, 0.15) is 10.5 Å². The molecule has 0 saturated heterocycles. The van der Waals surface area contributed by atoms with E-state index in [1.165, 1.54) is 44.6 Å². The zero-order valence-electron chi connectivity index (χ0n) is 14.5. The van der Waals surface area contributed by atoms with Gasteiger partial charge in [0.25, 0.3) is 11.5 Å². The highest BCUT2D eigenvalue weighted by Gasteiger charge is 2.17. The van der Waals surface area contributed by atoms with Crippen LogP contribution in [0, 0.1) is 5.82 Å². The third-order valence-electron chi connectivity index (χ3n) is 3.82. The number of carbonyl (C=O) groups excluding carboxylic acids is 1. The van der Waals surface area contributed by atoms with Crippen molar-refractivity contribution in [1.82, 2.24) is 14.1 Å². The number of aromatic nitrogens is 3. The van der Waals surface area contributed by atoms with Gasteiger partial charge in [0.2, 0.25) is 5.88 Å². The number of pyridine rings is 1. The number of halogens is 1. The first-order chi connectivity index (χ1) is 12.9. The first-order valence-electron chi connectivity index (χ1n) is 7.84. The standard InChI is InChI=1S/C18H15FN4O4/c1-22-13(10-15(24)23(2)18(22)26)16(25)21-12-7-5-9-20-17(12)27-14-8-4-3-6-11(14)19/h3-10H,1-2H3,(H,21,25). The van der Waals surface area contributed by atoms with E-state index in [2.05, 4.69) is 10.3 Å². The van der Waals surface area contributed by atoms with Gasteiger partial charge in [-0.05, 0) is 24.3 Å². The van der Waals surface area contributed by atoms with Crippen molar-refractivity contribution in [3.05, 3.63) is 81.0 Å². The minimum absolute atomic E-state index is 0.0372. The van der Waals surface area contributed by atoms with Crippen molar-refractivity contribution in [1.29, 1.82) is 0 Å². The molecule has 0 spiro atoms. The number of para-hydroxylation sites is 1. The second-order valence-corrected chi connectivity index (χ2v) is 5.61. The lowest BCUT2D eigenvalue weighted by molar-refractivity contribution is 0.101. The Kier molecular flexibility index (Phi) is 4.84. The lowest BCUT2D eigenvalue weighted by atomic mass is 10.3. The minimum atomic E-state index is -0.710. The van der Waals surface area contributed by atoms with E-state index in [4.69, 9.17) is 4.74 Å². The van der Waals surface area contributed by atoms with Crippen molar-refractivity contribution in [3.63, 3.8) is 0 Å². The molecule has 138 valence electrons. The van der Waals surface area contributed by atoms with Gasteiger partial charge in [0.1, 0.15) is 11.4 Å². The second-order valence-electron chi connectivity index (χ2n) is 5.61. The molecule has 27 heavy (non-hydrogen) atoms. The molecule has 0 atom stereocenters. The average molecular weight is 370 g/mol. The maximum atomic E-state index is 13.8. The normalized spacial score (nSPS) is 10.5. The van der Waals surface area contributed by atoms with Gasteiger partial charge in [-0.3, -0.25) is 18.7 Å². The number of anilines is 1. The Labute approximate surface area is 152 Å². The van der Waals surface area contributed by atoms with Gasteiger partial charge >= 0.3 is 5.69 Å². The van der Waals surface area contributed by atoms with Crippen molar-refractivity contribution in [2.75, 3.05) is 5.32 Å². The molecule has 9 heteroatoms. The van der Waals surface area contributed by atoms with Crippen LogP contribution in [0.25, 0.3) is 0 Å². The van der Waals surface area contributed by atoms with Crippen LogP contribution in [0.2, 0.25) is 0 Å². The Morgan fingerprint density at radius 1 is 1.11 bits per heavy atom. The number of hydrogen-bond donors (Lipinski definition) is 1. The number of carbonyl (C=O) groups is 1. The second kappa shape index (κ2) is 7.24. The quantitative estimate of drug-likeness (QED) is 0.754. The minimum Gasteiger partial charge on any atom is -0.434 e. The van der Waals surface area contributed by atoms with E-state index in [1.54, 1.807) is 12.1 Å². The van der Waals surface area contributed by atoms with Crippen LogP contribution in [0.3, 0.4) is 0 Å². The summed E-state index contributed by atoms with van der Waals surface area (Å²) in [7, 11) is 2.69. The molecule has 0 unspecified atom stereocenters. The van der Waals surface area contributed by atoms with Crippen LogP contribution >= 0.6 is 0 Å². The number of nitrogens with zero attached hydrogens (tertiary/aromatic N) is 3. The largest absolute Gasteiger partial charge is 0.434 e. The topological polar surface area (TPSA) is 95.2 Å². The van der Waals surface area contributed by atoms with E-state index >= 15 is 0 Å². The highest BCUT2D eigenvalue weighted by atomic mass is 19.1. The van der Waals surface area contributed by atoms with E-state index < -0.39 is 23.0 Å². The fourth-order valence-electron chi connectivity index (χ4n) is 2.34. The molecule has 0 radical (unpaired) electrons. The molecule has 2 aromatic heterocycles. The van der Waals surface area contributed by atoms with Crippen molar-refractivity contribution < 1.29 is 13.9 Å². The third kappa shape index (κ3) is 3.61. The maximum Gasteiger partial charge on any atom is 0.331 e. The van der Waals surface area contributed by atoms with E-state index in [0.717, 1.165) is 15.2 Å². The lowest BCUT2D eigenvalue weighted by Gasteiger charge is -2.13. The number of benzene rings is 1. The highest BCUT2D eigenvalue weighted by Crippen LogP contribution is 2.28. The molecule has 1 amide bonds. The number of ether oxygens (including phenoxy) is 1. The van der Waals surface area contributed by atoms with Crippen LogP contribution in [0.15, 0.2) is 58.3 Å². The fraction of sp³-hybridized carbons (Fsp3) is 0.111. The molecule has 0 saturated carbocycles. The molecule has 0 fully saturated rings. The molecule has 2 heterocycles. The molecule has 3 aromatic rings. The zero-order valence-corrected chi connectivity index (χ0v) is 14.5. The highest BCUT2D eigenvalue weighted by molar-refractivity contribution is 6.03. The number of amides is 1. The Morgan fingerprint density at radius 3 is 2.59 bits per heavy atom. The molecule has 0 aliphatic rings. The fourth-order valence-corrected chi connectivity index (χ4v) is 2.34. The summed E-state index contributed by atoms with van der Waals surface area (Å²) < 4.78 is 21.2. The molecular formula is C18H15FN4O4. The average Bonchev–Trinajstić information content (AvgIpc) is 2.66. The summed E-state index contributed by atoms with van der Waals surface area (Å²) in [5, 5.41) is 2.52. The predicted molar refractivity (Wildman–Crippen MR) is 95.6 cm³/mol. The Bertz CT molecular complexity index is 1140. The molecular weight excluding hydrogens is 355 g/mol. The molecule has 0 aliphatic carbocycles. The first-order valence-corrected chi connectivity index (χ1v) is 7.84. The summed E-state index contributed by atoms with van der Waals surface area (Å²) >= 11 is 0. The van der Waals surface area contributed by atoms with Crippen LogP contribution < -0.4 is 21.3 Å². The van der Waals surface area contributed by atoms with Gasteiger partial charge < -0.3 is 10.1 Å². The van der Waals surface area contributed by atoms with Gasteiger partial charge in [0, 0.05) is 26.4 Å². The van der Waals surface area contributed by atoms with Crippen LogP contribution in [0.5, 0.6) is 11.6 Å². The molecule has 3 rings (SSSR count). The van der Waals surface area contributed by atoms with Gasteiger partial charge in [-0.1, -0.05) is 12.1 Å². The van der Waals surface area contributed by atoms with Crippen LogP contribution in [-0.4, -0.2) is 20.0 Å². The summed E-state index contributed by atoms with van der Waals surface area (Å²) in [6.45, 7) is 0. The summed E-state index contributed by atoms with van der Waals surface area (Å²) in [6.07, 6.45) is 1.42. The molecule has 0 bridgehead atoms. The summed E-state index contributed by atoms with van der Waals surface area (Å²) in [5.41, 5.74) is -1.23. The lowest BCUT2D eigenvalue weighted by Crippen LogP contribution is -2.40. The van der Waals surface area contributed by atoms with Crippen LogP contribution in [0.4, 0.5) is 10.1 Å². The van der Waals surface area contributed by atoms with Crippen molar-refractivity contribution >= 4 is 11.6 Å². The van der Waals surface area contributed by atoms with Gasteiger partial charge in [-0.15, -0.1) is 0 Å². The van der Waals surface area contributed by atoms with Gasteiger partial charge in [0.05, 0.1) is 0 Å². The Morgan fingerprint density at radius 2 is 1.85 bits per heavy atom. The molecule has 8 nitrogen and oxygen atoms in total. The van der Waals surface area contributed by atoms with Crippen molar-refractivity contribution in [3.8, 4) is 11.6 Å². The predicted octanol–water partition coefficient (Wildman–Crippen LogP) is 1.66. The van der Waals surface area contributed by atoms with E-state index in [1.807, 2.05) is 0 Å². The van der Waals surface area contributed by atoms with Gasteiger partial charge in [-0.25, -0.2) is 14.2 Å². The van der Waals surface area contributed by atoms with Gasteiger partial charge in [0.15, 0.2) is 11.6 Å². The zero-order chi connectivity index (χ0) is 19.6. The smallest absolute Gasteiger partial charge is 0.331 e. The number of rotatable bonds is 4. The van der Waals surface area contributed by atoms with E-state index in [-0.39, 0.29) is 23.0 Å². The Balaban J connectivity index is 1.93. The van der Waals surface area contributed by atoms with Crippen molar-refractivity contribution in [2.24, 2.45) is 14.1 Å². The van der Waals surface area contributed by atoms with Crippen LogP contribution in [-0.2, 0) is 14.1 Å². The Hall–Kier alpha value is -3.75. The monoisotopic (exact) mass is 370 g/mol. The van der Waals surface area contributed by atoms with Crippen molar-refractivity contribution in [2.45, 2.75) is 0 Å². The number of hydrogen-bond acceptors (Lipinski definition) is 5. The molecule has 1 aromatic carbocycles. The summed E-state index contributed by atoms with van der Waals surface area (Å²) in [5.74, 6) is -1.40.